The number of aryl methyl sites for hydroxylation is 4. The molecule has 5 heteroatoms. The summed E-state index contributed by atoms with van der Waals surface area (Å²) in [7, 11) is 0. The first-order valence-electron chi connectivity index (χ1n) is 7.44. The third-order valence-electron chi connectivity index (χ3n) is 3.84. The molecule has 1 amide bonds. The molecule has 0 fully saturated rings. The van der Waals surface area contributed by atoms with Gasteiger partial charge < -0.3 is 14.8 Å². The Morgan fingerprint density at radius 1 is 1.09 bits per heavy atom. The first kappa shape index (κ1) is 16.8. The molecule has 0 bridgehead atoms. The highest BCUT2D eigenvalue weighted by molar-refractivity contribution is 5.88. The maximum atomic E-state index is 12.1. The molecule has 0 aliphatic heterocycles. The molecule has 0 saturated heterocycles. The fourth-order valence-corrected chi connectivity index (χ4v) is 2.74. The van der Waals surface area contributed by atoms with Crippen molar-refractivity contribution in [3.63, 3.8) is 0 Å². The van der Waals surface area contributed by atoms with Gasteiger partial charge in [-0.15, -0.1) is 0 Å². The number of carboxylic acids is 1. The molecule has 23 heavy (non-hydrogen) atoms. The van der Waals surface area contributed by atoms with Crippen molar-refractivity contribution in [1.29, 1.82) is 0 Å². The largest absolute Gasteiger partial charge is 0.478 e. The maximum Gasteiger partial charge on any atom is 0.339 e. The van der Waals surface area contributed by atoms with Crippen LogP contribution < -0.4 is 5.32 Å². The van der Waals surface area contributed by atoms with Gasteiger partial charge in [-0.1, -0.05) is 17.7 Å². The summed E-state index contributed by atoms with van der Waals surface area (Å²) in [4.78, 5) is 23.1. The van der Waals surface area contributed by atoms with E-state index in [9.17, 15) is 9.59 Å². The second-order valence-corrected chi connectivity index (χ2v) is 5.82. The van der Waals surface area contributed by atoms with Crippen molar-refractivity contribution in [3.05, 3.63) is 57.5 Å². The number of amides is 1. The van der Waals surface area contributed by atoms with Gasteiger partial charge in [0.05, 0.1) is 13.0 Å². The second-order valence-electron chi connectivity index (χ2n) is 5.82. The molecule has 0 spiro atoms. The highest BCUT2D eigenvalue weighted by Crippen LogP contribution is 2.17. The highest BCUT2D eigenvalue weighted by Gasteiger charge is 2.15. The molecule has 0 radical (unpaired) electrons. The van der Waals surface area contributed by atoms with Gasteiger partial charge in [0.15, 0.2) is 0 Å². The van der Waals surface area contributed by atoms with Crippen LogP contribution in [0.1, 0.15) is 44.1 Å². The van der Waals surface area contributed by atoms with Crippen molar-refractivity contribution >= 4 is 11.9 Å². The summed E-state index contributed by atoms with van der Waals surface area (Å²) >= 11 is 0. The Balaban J connectivity index is 2.01. The number of rotatable bonds is 5. The zero-order chi connectivity index (χ0) is 17.1. The van der Waals surface area contributed by atoms with Crippen molar-refractivity contribution in [2.45, 2.75) is 40.7 Å². The fraction of sp³-hybridized carbons (Fsp3) is 0.333. The standard InChI is InChI=1S/C18H21NO4/c1-10-5-11(2)15(12(3)6-10)8-17(20)19-9-14-7-16(18(21)22)13(4)23-14/h5-7H,8-9H2,1-4H3,(H,19,20)(H,21,22). The fourth-order valence-electron chi connectivity index (χ4n) is 2.74. The van der Waals surface area contributed by atoms with Crippen LogP contribution in [0.3, 0.4) is 0 Å². The van der Waals surface area contributed by atoms with Crippen LogP contribution in [-0.4, -0.2) is 17.0 Å². The van der Waals surface area contributed by atoms with Crippen LogP contribution in [-0.2, 0) is 17.8 Å². The van der Waals surface area contributed by atoms with Crippen molar-refractivity contribution in [3.8, 4) is 0 Å². The van der Waals surface area contributed by atoms with Crippen LogP contribution in [0.5, 0.6) is 0 Å². The molecule has 0 unspecified atom stereocenters. The third kappa shape index (κ3) is 4.00. The molecular weight excluding hydrogens is 294 g/mol. The number of hydrogen-bond acceptors (Lipinski definition) is 3. The molecule has 5 nitrogen and oxygen atoms in total. The summed E-state index contributed by atoms with van der Waals surface area (Å²) in [6.45, 7) is 7.79. The SMILES string of the molecule is Cc1cc(C)c(CC(=O)NCc2cc(C(=O)O)c(C)o2)c(C)c1. The molecule has 2 aromatic rings. The lowest BCUT2D eigenvalue weighted by Gasteiger charge is -2.11. The summed E-state index contributed by atoms with van der Waals surface area (Å²) in [5, 5.41) is 11.8. The van der Waals surface area contributed by atoms with E-state index < -0.39 is 5.97 Å². The smallest absolute Gasteiger partial charge is 0.339 e. The zero-order valence-electron chi connectivity index (χ0n) is 13.8. The lowest BCUT2D eigenvalue weighted by Crippen LogP contribution is -2.25. The molecule has 0 atom stereocenters. The van der Waals surface area contributed by atoms with Crippen molar-refractivity contribution in [2.75, 3.05) is 0 Å². The average Bonchev–Trinajstić information content (AvgIpc) is 2.82. The normalized spacial score (nSPS) is 10.6. The molecule has 1 aromatic heterocycles. The van der Waals surface area contributed by atoms with Crippen LogP contribution in [0.4, 0.5) is 0 Å². The minimum atomic E-state index is -1.03. The van der Waals surface area contributed by atoms with Gasteiger partial charge in [0.2, 0.25) is 5.91 Å². The van der Waals surface area contributed by atoms with Crippen molar-refractivity contribution in [1.82, 2.24) is 5.32 Å². The molecular formula is C18H21NO4. The number of benzene rings is 1. The number of hydrogen-bond donors (Lipinski definition) is 2. The molecule has 1 aromatic carbocycles. The first-order valence-corrected chi connectivity index (χ1v) is 7.44. The molecule has 0 aliphatic carbocycles. The predicted molar refractivity (Wildman–Crippen MR) is 86.6 cm³/mol. The van der Waals surface area contributed by atoms with Gasteiger partial charge in [0.25, 0.3) is 0 Å². The molecule has 0 saturated carbocycles. The van der Waals surface area contributed by atoms with Gasteiger partial charge in [-0.05, 0) is 50.5 Å². The Bertz CT molecular complexity index is 735. The molecule has 122 valence electrons. The van der Waals surface area contributed by atoms with Crippen LogP contribution >= 0.6 is 0 Å². The lowest BCUT2D eigenvalue weighted by molar-refractivity contribution is -0.120. The second kappa shape index (κ2) is 6.69. The van der Waals surface area contributed by atoms with E-state index in [-0.39, 0.29) is 18.0 Å². The van der Waals surface area contributed by atoms with E-state index in [0.29, 0.717) is 17.9 Å². The summed E-state index contributed by atoms with van der Waals surface area (Å²) in [6, 6.07) is 5.57. The van der Waals surface area contributed by atoms with E-state index >= 15 is 0 Å². The molecule has 1 heterocycles. The topological polar surface area (TPSA) is 79.5 Å². The van der Waals surface area contributed by atoms with E-state index in [1.165, 1.54) is 11.6 Å². The van der Waals surface area contributed by atoms with Gasteiger partial charge in [0.1, 0.15) is 17.1 Å². The Labute approximate surface area is 135 Å². The number of carbonyl (C=O) groups is 2. The van der Waals surface area contributed by atoms with Crippen molar-refractivity contribution < 1.29 is 19.1 Å². The predicted octanol–water partition coefficient (Wildman–Crippen LogP) is 3.07. The number of furan rings is 1. The Morgan fingerprint density at radius 2 is 1.70 bits per heavy atom. The van der Waals surface area contributed by atoms with Gasteiger partial charge in [0, 0.05) is 0 Å². The summed E-state index contributed by atoms with van der Waals surface area (Å²) < 4.78 is 5.34. The quantitative estimate of drug-likeness (QED) is 0.888. The zero-order valence-corrected chi connectivity index (χ0v) is 13.8. The van der Waals surface area contributed by atoms with E-state index in [1.807, 2.05) is 20.8 Å². The molecule has 0 aliphatic rings. The van der Waals surface area contributed by atoms with Crippen molar-refractivity contribution in [2.24, 2.45) is 0 Å². The number of carboxylic acid groups (broad SMARTS) is 1. The minimum Gasteiger partial charge on any atom is -0.478 e. The molecule has 2 N–H and O–H groups in total. The summed E-state index contributed by atoms with van der Waals surface area (Å²) in [5.41, 5.74) is 4.52. The van der Waals surface area contributed by atoms with E-state index in [2.05, 4.69) is 17.4 Å². The summed E-state index contributed by atoms with van der Waals surface area (Å²) in [6.07, 6.45) is 0.295. The number of nitrogens with one attached hydrogen (secondary N) is 1. The van der Waals surface area contributed by atoms with E-state index in [0.717, 1.165) is 16.7 Å². The Hall–Kier alpha value is -2.56. The molecule has 2 rings (SSSR count). The van der Waals surface area contributed by atoms with Crippen LogP contribution in [0.2, 0.25) is 0 Å². The summed E-state index contributed by atoms with van der Waals surface area (Å²) in [5.74, 6) is -0.377. The average molecular weight is 315 g/mol. The maximum absolute atomic E-state index is 12.1. The van der Waals surface area contributed by atoms with Crippen LogP contribution in [0.15, 0.2) is 22.6 Å². The number of aromatic carboxylic acids is 1. The monoisotopic (exact) mass is 315 g/mol. The first-order chi connectivity index (χ1) is 10.8. The third-order valence-corrected chi connectivity index (χ3v) is 3.84. The van der Waals surface area contributed by atoms with Gasteiger partial charge >= 0.3 is 5.97 Å². The van der Waals surface area contributed by atoms with E-state index in [4.69, 9.17) is 9.52 Å². The lowest BCUT2D eigenvalue weighted by atomic mass is 9.97. The van der Waals surface area contributed by atoms with E-state index in [1.54, 1.807) is 6.92 Å². The van der Waals surface area contributed by atoms with Crippen LogP contribution in [0.25, 0.3) is 0 Å². The number of carbonyl (C=O) groups excluding carboxylic acids is 1. The Kier molecular flexibility index (Phi) is 4.89. The van der Waals surface area contributed by atoms with Crippen LogP contribution in [0, 0.1) is 27.7 Å². The highest BCUT2D eigenvalue weighted by atomic mass is 16.4. The van der Waals surface area contributed by atoms with Gasteiger partial charge in [-0.2, -0.15) is 0 Å². The Morgan fingerprint density at radius 3 is 2.22 bits per heavy atom. The minimum absolute atomic E-state index is 0.119. The van der Waals surface area contributed by atoms with Gasteiger partial charge in [-0.3, -0.25) is 4.79 Å². The van der Waals surface area contributed by atoms with Gasteiger partial charge in [-0.25, -0.2) is 4.79 Å².